The minimum atomic E-state index is -0.184. The van der Waals surface area contributed by atoms with Crippen LogP contribution in [0.15, 0.2) is 42.5 Å². The Morgan fingerprint density at radius 3 is 2.64 bits per heavy atom. The highest BCUT2D eigenvalue weighted by molar-refractivity contribution is 6.30. The smallest absolute Gasteiger partial charge is 0.253 e. The van der Waals surface area contributed by atoms with E-state index in [4.69, 9.17) is 11.6 Å². The number of carbonyl (C=O) groups is 2. The molecule has 1 aliphatic heterocycles. The van der Waals surface area contributed by atoms with E-state index < -0.39 is 0 Å². The van der Waals surface area contributed by atoms with E-state index in [-0.39, 0.29) is 18.4 Å². The minimum absolute atomic E-state index is 0.0238. The van der Waals surface area contributed by atoms with Gasteiger partial charge in [-0.15, -0.1) is 0 Å². The number of halogens is 1. The predicted molar refractivity (Wildman–Crippen MR) is 114 cm³/mol. The van der Waals surface area contributed by atoms with E-state index in [0.717, 1.165) is 37.2 Å². The van der Waals surface area contributed by atoms with Gasteiger partial charge in [0.15, 0.2) is 0 Å². The SMILES string of the molecule is Cc1ccc(Cl)cc1NCC(=O)Nc1cccc(C(=O)N2CCC(C)CC2)c1. The molecule has 0 spiro atoms. The first-order valence-electron chi connectivity index (χ1n) is 9.61. The molecule has 1 heterocycles. The van der Waals surface area contributed by atoms with E-state index in [1.807, 2.05) is 24.0 Å². The number of hydrogen-bond acceptors (Lipinski definition) is 3. The van der Waals surface area contributed by atoms with Crippen LogP contribution in [-0.4, -0.2) is 36.3 Å². The van der Waals surface area contributed by atoms with Gasteiger partial charge in [0, 0.05) is 35.1 Å². The van der Waals surface area contributed by atoms with Crippen LogP contribution in [0.4, 0.5) is 11.4 Å². The zero-order chi connectivity index (χ0) is 20.1. The molecule has 3 rings (SSSR count). The molecular weight excluding hydrogens is 374 g/mol. The Morgan fingerprint density at radius 2 is 1.89 bits per heavy atom. The fraction of sp³-hybridized carbons (Fsp3) is 0.364. The van der Waals surface area contributed by atoms with Crippen molar-refractivity contribution >= 4 is 34.8 Å². The Labute approximate surface area is 171 Å². The second-order valence-electron chi connectivity index (χ2n) is 7.42. The van der Waals surface area contributed by atoms with Crippen molar-refractivity contribution in [1.82, 2.24) is 4.90 Å². The largest absolute Gasteiger partial charge is 0.376 e. The quantitative estimate of drug-likeness (QED) is 0.774. The Morgan fingerprint density at radius 1 is 1.14 bits per heavy atom. The van der Waals surface area contributed by atoms with E-state index in [0.29, 0.717) is 22.2 Å². The number of likely N-dealkylation sites (tertiary alicyclic amines) is 1. The van der Waals surface area contributed by atoms with Gasteiger partial charge in [-0.2, -0.15) is 0 Å². The molecule has 0 aliphatic carbocycles. The number of nitrogens with zero attached hydrogens (tertiary/aromatic N) is 1. The maximum atomic E-state index is 12.7. The average molecular weight is 400 g/mol. The number of rotatable bonds is 5. The number of carbonyl (C=O) groups excluding carboxylic acids is 2. The molecule has 1 fully saturated rings. The third-order valence-electron chi connectivity index (χ3n) is 5.10. The van der Waals surface area contributed by atoms with Crippen molar-refractivity contribution in [3.8, 4) is 0 Å². The van der Waals surface area contributed by atoms with Crippen molar-refractivity contribution in [2.24, 2.45) is 5.92 Å². The summed E-state index contributed by atoms with van der Waals surface area (Å²) in [4.78, 5) is 26.9. The molecule has 0 atom stereocenters. The molecule has 0 radical (unpaired) electrons. The Hall–Kier alpha value is -2.53. The lowest BCUT2D eigenvalue weighted by Gasteiger charge is -2.30. The van der Waals surface area contributed by atoms with Crippen molar-refractivity contribution in [2.75, 3.05) is 30.3 Å². The number of aryl methyl sites for hydroxylation is 1. The average Bonchev–Trinajstić information content (AvgIpc) is 2.69. The molecular formula is C22H26ClN3O2. The molecule has 148 valence electrons. The van der Waals surface area contributed by atoms with Gasteiger partial charge in [-0.05, 0) is 61.6 Å². The first-order chi connectivity index (χ1) is 13.4. The molecule has 6 heteroatoms. The number of nitrogens with one attached hydrogen (secondary N) is 2. The van der Waals surface area contributed by atoms with Crippen LogP contribution in [0, 0.1) is 12.8 Å². The Balaban J connectivity index is 1.58. The fourth-order valence-corrected chi connectivity index (χ4v) is 3.46. The maximum Gasteiger partial charge on any atom is 0.253 e. The summed E-state index contributed by atoms with van der Waals surface area (Å²) in [5, 5.41) is 6.56. The lowest BCUT2D eigenvalue weighted by molar-refractivity contribution is -0.114. The molecule has 1 saturated heterocycles. The molecule has 0 unspecified atom stereocenters. The Kier molecular flexibility index (Phi) is 6.57. The highest BCUT2D eigenvalue weighted by Crippen LogP contribution is 2.21. The van der Waals surface area contributed by atoms with Crippen LogP contribution in [0.5, 0.6) is 0 Å². The van der Waals surface area contributed by atoms with Gasteiger partial charge in [-0.25, -0.2) is 0 Å². The highest BCUT2D eigenvalue weighted by Gasteiger charge is 2.21. The lowest BCUT2D eigenvalue weighted by Crippen LogP contribution is -2.37. The summed E-state index contributed by atoms with van der Waals surface area (Å²) < 4.78 is 0. The molecule has 28 heavy (non-hydrogen) atoms. The first kappa shape index (κ1) is 20.2. The van der Waals surface area contributed by atoms with Gasteiger partial charge < -0.3 is 15.5 Å². The van der Waals surface area contributed by atoms with Crippen LogP contribution in [0.2, 0.25) is 5.02 Å². The zero-order valence-corrected chi connectivity index (χ0v) is 17.1. The summed E-state index contributed by atoms with van der Waals surface area (Å²) in [6.45, 7) is 5.87. The zero-order valence-electron chi connectivity index (χ0n) is 16.3. The van der Waals surface area contributed by atoms with E-state index >= 15 is 0 Å². The lowest BCUT2D eigenvalue weighted by atomic mass is 9.98. The molecule has 2 aromatic rings. The van der Waals surface area contributed by atoms with Crippen molar-refractivity contribution in [3.05, 3.63) is 58.6 Å². The first-order valence-corrected chi connectivity index (χ1v) is 9.99. The molecule has 2 N–H and O–H groups in total. The number of hydrogen-bond donors (Lipinski definition) is 2. The van der Waals surface area contributed by atoms with E-state index in [1.54, 1.807) is 30.3 Å². The summed E-state index contributed by atoms with van der Waals surface area (Å²) in [5.41, 5.74) is 3.06. The highest BCUT2D eigenvalue weighted by atomic mass is 35.5. The molecule has 0 bridgehead atoms. The van der Waals surface area contributed by atoms with E-state index in [2.05, 4.69) is 17.6 Å². The summed E-state index contributed by atoms with van der Waals surface area (Å²) in [5.74, 6) is 0.511. The fourth-order valence-electron chi connectivity index (χ4n) is 3.29. The third kappa shape index (κ3) is 5.26. The van der Waals surface area contributed by atoms with Gasteiger partial charge in [0.1, 0.15) is 0 Å². The van der Waals surface area contributed by atoms with Gasteiger partial charge >= 0.3 is 0 Å². The van der Waals surface area contributed by atoms with Crippen LogP contribution in [-0.2, 0) is 4.79 Å². The molecule has 5 nitrogen and oxygen atoms in total. The van der Waals surface area contributed by atoms with Crippen LogP contribution >= 0.6 is 11.6 Å². The normalized spacial score (nSPS) is 14.6. The van der Waals surface area contributed by atoms with E-state index in [1.165, 1.54) is 0 Å². The number of piperidine rings is 1. The van der Waals surface area contributed by atoms with Gasteiger partial charge in [0.25, 0.3) is 5.91 Å². The second kappa shape index (κ2) is 9.11. The Bertz CT molecular complexity index is 861. The van der Waals surface area contributed by atoms with Gasteiger partial charge in [-0.3, -0.25) is 9.59 Å². The van der Waals surface area contributed by atoms with Crippen LogP contribution in [0.3, 0.4) is 0 Å². The van der Waals surface area contributed by atoms with Crippen molar-refractivity contribution < 1.29 is 9.59 Å². The van der Waals surface area contributed by atoms with Crippen LogP contribution in [0.25, 0.3) is 0 Å². The van der Waals surface area contributed by atoms with Crippen molar-refractivity contribution in [2.45, 2.75) is 26.7 Å². The third-order valence-corrected chi connectivity index (χ3v) is 5.34. The number of amides is 2. The molecule has 1 aliphatic rings. The second-order valence-corrected chi connectivity index (χ2v) is 7.85. The number of benzene rings is 2. The van der Waals surface area contributed by atoms with Crippen LogP contribution < -0.4 is 10.6 Å². The summed E-state index contributed by atoms with van der Waals surface area (Å²) >= 11 is 6.00. The van der Waals surface area contributed by atoms with Crippen molar-refractivity contribution in [1.29, 1.82) is 0 Å². The van der Waals surface area contributed by atoms with Gasteiger partial charge in [0.05, 0.1) is 6.54 Å². The molecule has 2 aromatic carbocycles. The molecule has 0 aromatic heterocycles. The molecule has 2 amide bonds. The minimum Gasteiger partial charge on any atom is -0.376 e. The monoisotopic (exact) mass is 399 g/mol. The topological polar surface area (TPSA) is 61.4 Å². The summed E-state index contributed by atoms with van der Waals surface area (Å²) in [6.07, 6.45) is 2.08. The summed E-state index contributed by atoms with van der Waals surface area (Å²) in [7, 11) is 0. The standard InChI is InChI=1S/C22H26ClN3O2/c1-15-8-10-26(11-9-15)22(28)17-4-3-5-19(12-17)25-21(27)14-24-20-13-18(23)7-6-16(20)2/h3-7,12-13,15,24H,8-11,14H2,1-2H3,(H,25,27). The maximum absolute atomic E-state index is 12.7. The van der Waals surface area contributed by atoms with E-state index in [9.17, 15) is 9.59 Å². The van der Waals surface area contributed by atoms with Crippen LogP contribution in [0.1, 0.15) is 35.7 Å². The summed E-state index contributed by atoms with van der Waals surface area (Å²) in [6, 6.07) is 12.6. The predicted octanol–water partition coefficient (Wildman–Crippen LogP) is 4.57. The van der Waals surface area contributed by atoms with Gasteiger partial charge in [0.2, 0.25) is 5.91 Å². The number of anilines is 2. The van der Waals surface area contributed by atoms with Crippen molar-refractivity contribution in [3.63, 3.8) is 0 Å². The molecule has 0 saturated carbocycles. The van der Waals surface area contributed by atoms with Gasteiger partial charge in [-0.1, -0.05) is 30.7 Å².